The molecule has 0 atom stereocenters. The summed E-state index contributed by atoms with van der Waals surface area (Å²) in [6.07, 6.45) is -5.37. The quantitative estimate of drug-likeness (QED) is 0.828. The number of phenols is 1. The highest BCUT2D eigenvalue weighted by atomic mass is 127. The molecule has 1 aromatic rings. The smallest absolute Gasteiger partial charge is 0.390 e. The van der Waals surface area contributed by atoms with Crippen LogP contribution in [-0.2, 0) is 0 Å². The zero-order valence-electron chi connectivity index (χ0n) is 9.46. The molecular formula is C11H11F3INO2. The molecule has 0 aliphatic rings. The molecule has 1 amide bonds. The van der Waals surface area contributed by atoms with Gasteiger partial charge in [0.1, 0.15) is 5.75 Å². The summed E-state index contributed by atoms with van der Waals surface area (Å²) in [6, 6.07) is 4.37. The third-order valence-corrected chi connectivity index (χ3v) is 2.94. The first-order valence-electron chi connectivity index (χ1n) is 5.01. The van der Waals surface area contributed by atoms with Crippen LogP contribution >= 0.6 is 22.6 Å². The van der Waals surface area contributed by atoms with Gasteiger partial charge in [0.05, 0.1) is 12.0 Å². The van der Waals surface area contributed by atoms with Gasteiger partial charge in [-0.05, 0) is 40.8 Å². The molecule has 1 aromatic carbocycles. The minimum atomic E-state index is -4.30. The molecule has 18 heavy (non-hydrogen) atoms. The van der Waals surface area contributed by atoms with E-state index in [0.717, 1.165) is 8.47 Å². The standard InChI is InChI=1S/C11H11F3INO2/c1-16(5-4-11(12,13)14)10(18)8-6-7(15)2-3-9(8)17/h2-3,6,17H,4-5H2,1H3. The highest BCUT2D eigenvalue weighted by Gasteiger charge is 2.28. The number of benzene rings is 1. The summed E-state index contributed by atoms with van der Waals surface area (Å²) >= 11 is 1.95. The Hall–Kier alpha value is -0.990. The fraction of sp³-hybridized carbons (Fsp3) is 0.364. The molecule has 0 aliphatic carbocycles. The number of hydrogen-bond acceptors (Lipinski definition) is 2. The van der Waals surface area contributed by atoms with E-state index in [0.29, 0.717) is 0 Å². The maximum Gasteiger partial charge on any atom is 0.390 e. The van der Waals surface area contributed by atoms with Gasteiger partial charge in [-0.25, -0.2) is 0 Å². The minimum absolute atomic E-state index is 0.00609. The molecule has 0 aliphatic heterocycles. The van der Waals surface area contributed by atoms with Gasteiger partial charge in [0.2, 0.25) is 0 Å². The van der Waals surface area contributed by atoms with Crippen LogP contribution in [0.3, 0.4) is 0 Å². The first-order valence-corrected chi connectivity index (χ1v) is 6.09. The predicted molar refractivity (Wildman–Crippen MR) is 68.5 cm³/mol. The Bertz CT molecular complexity index is 448. The van der Waals surface area contributed by atoms with Crippen LogP contribution in [0, 0.1) is 3.57 Å². The minimum Gasteiger partial charge on any atom is -0.507 e. The molecule has 0 saturated carbocycles. The van der Waals surface area contributed by atoms with Crippen molar-refractivity contribution < 1.29 is 23.1 Å². The summed E-state index contributed by atoms with van der Waals surface area (Å²) in [7, 11) is 1.27. The SMILES string of the molecule is CN(CCC(F)(F)F)C(=O)c1cc(I)ccc1O. The van der Waals surface area contributed by atoms with E-state index in [1.807, 2.05) is 22.6 Å². The van der Waals surface area contributed by atoms with Gasteiger partial charge in [-0.15, -0.1) is 0 Å². The second-order valence-corrected chi connectivity index (χ2v) is 5.00. The van der Waals surface area contributed by atoms with E-state index in [4.69, 9.17) is 0 Å². The van der Waals surface area contributed by atoms with Crippen LogP contribution in [0.25, 0.3) is 0 Å². The number of nitrogens with zero attached hydrogens (tertiary/aromatic N) is 1. The second kappa shape index (κ2) is 5.77. The molecule has 0 radical (unpaired) electrons. The summed E-state index contributed by atoms with van der Waals surface area (Å²) in [5.41, 5.74) is 0.00609. The summed E-state index contributed by atoms with van der Waals surface area (Å²) in [5, 5.41) is 9.51. The first kappa shape index (κ1) is 15.1. The van der Waals surface area contributed by atoms with Crippen molar-refractivity contribution in [1.29, 1.82) is 0 Å². The lowest BCUT2D eigenvalue weighted by molar-refractivity contribution is -0.136. The van der Waals surface area contributed by atoms with E-state index < -0.39 is 25.0 Å². The fourth-order valence-electron chi connectivity index (χ4n) is 1.28. The van der Waals surface area contributed by atoms with Crippen LogP contribution in [0.4, 0.5) is 13.2 Å². The number of carbonyl (C=O) groups is 1. The number of halogens is 4. The van der Waals surface area contributed by atoms with Crippen LogP contribution in [0.15, 0.2) is 18.2 Å². The molecule has 0 heterocycles. The number of hydrogen-bond donors (Lipinski definition) is 1. The maximum absolute atomic E-state index is 12.0. The van der Waals surface area contributed by atoms with Crippen LogP contribution < -0.4 is 0 Å². The van der Waals surface area contributed by atoms with Crippen molar-refractivity contribution >= 4 is 28.5 Å². The number of amides is 1. The molecule has 0 saturated heterocycles. The molecule has 1 N–H and O–H groups in total. The third-order valence-electron chi connectivity index (χ3n) is 2.27. The van der Waals surface area contributed by atoms with E-state index >= 15 is 0 Å². The number of alkyl halides is 3. The Morgan fingerprint density at radius 2 is 2.06 bits per heavy atom. The third kappa shape index (κ3) is 4.35. The van der Waals surface area contributed by atoms with E-state index in [-0.39, 0.29) is 11.3 Å². The molecule has 0 fully saturated rings. The van der Waals surface area contributed by atoms with Crippen molar-refractivity contribution in [2.75, 3.05) is 13.6 Å². The average Bonchev–Trinajstić information content (AvgIpc) is 2.27. The van der Waals surface area contributed by atoms with Gasteiger partial charge in [0, 0.05) is 17.2 Å². The Morgan fingerprint density at radius 1 is 1.44 bits per heavy atom. The molecule has 0 unspecified atom stereocenters. The van der Waals surface area contributed by atoms with Crippen LogP contribution in [0.1, 0.15) is 16.8 Å². The van der Waals surface area contributed by atoms with Crippen molar-refractivity contribution in [2.45, 2.75) is 12.6 Å². The van der Waals surface area contributed by atoms with Crippen molar-refractivity contribution in [3.63, 3.8) is 0 Å². The van der Waals surface area contributed by atoms with Gasteiger partial charge in [-0.2, -0.15) is 13.2 Å². The summed E-state index contributed by atoms with van der Waals surface area (Å²) < 4.78 is 36.8. The lowest BCUT2D eigenvalue weighted by Gasteiger charge is -2.18. The Kier molecular flexibility index (Phi) is 4.83. The van der Waals surface area contributed by atoms with Crippen LogP contribution in [0.2, 0.25) is 0 Å². The zero-order valence-corrected chi connectivity index (χ0v) is 11.6. The Morgan fingerprint density at radius 3 is 2.61 bits per heavy atom. The topological polar surface area (TPSA) is 40.5 Å². The van der Waals surface area contributed by atoms with Gasteiger partial charge < -0.3 is 10.0 Å². The van der Waals surface area contributed by atoms with Gasteiger partial charge in [0.25, 0.3) is 5.91 Å². The van der Waals surface area contributed by atoms with Gasteiger partial charge >= 0.3 is 6.18 Å². The van der Waals surface area contributed by atoms with E-state index in [9.17, 15) is 23.1 Å². The molecule has 7 heteroatoms. The largest absolute Gasteiger partial charge is 0.507 e. The monoisotopic (exact) mass is 373 g/mol. The van der Waals surface area contributed by atoms with Crippen LogP contribution in [0.5, 0.6) is 5.75 Å². The van der Waals surface area contributed by atoms with Crippen molar-refractivity contribution in [3.8, 4) is 5.75 Å². The van der Waals surface area contributed by atoms with Crippen molar-refractivity contribution in [3.05, 3.63) is 27.3 Å². The normalized spacial score (nSPS) is 11.4. The van der Waals surface area contributed by atoms with E-state index in [1.165, 1.54) is 19.2 Å². The Balaban J connectivity index is 2.77. The predicted octanol–water partition coefficient (Wildman–Crippen LogP) is 3.02. The molecule has 0 bridgehead atoms. The molecule has 100 valence electrons. The maximum atomic E-state index is 12.0. The summed E-state index contributed by atoms with van der Waals surface area (Å²) in [5.74, 6) is -0.866. The van der Waals surface area contributed by atoms with Gasteiger partial charge in [-0.3, -0.25) is 4.79 Å². The zero-order chi connectivity index (χ0) is 13.9. The first-order chi connectivity index (χ1) is 8.20. The van der Waals surface area contributed by atoms with E-state index in [2.05, 4.69) is 0 Å². The van der Waals surface area contributed by atoms with E-state index in [1.54, 1.807) is 6.07 Å². The highest BCUT2D eigenvalue weighted by Crippen LogP contribution is 2.23. The molecule has 1 rings (SSSR count). The average molecular weight is 373 g/mol. The highest BCUT2D eigenvalue weighted by molar-refractivity contribution is 14.1. The molecule has 0 aromatic heterocycles. The number of aromatic hydroxyl groups is 1. The number of phenolic OH excluding ortho intramolecular Hbond substituents is 1. The van der Waals surface area contributed by atoms with Crippen molar-refractivity contribution in [1.82, 2.24) is 4.90 Å². The summed E-state index contributed by atoms with van der Waals surface area (Å²) in [4.78, 5) is 12.8. The Labute approximate surface area is 116 Å². The summed E-state index contributed by atoms with van der Waals surface area (Å²) in [6.45, 7) is -0.437. The number of rotatable bonds is 3. The lowest BCUT2D eigenvalue weighted by Crippen LogP contribution is -2.30. The second-order valence-electron chi connectivity index (χ2n) is 3.75. The van der Waals surface area contributed by atoms with Gasteiger partial charge in [-0.1, -0.05) is 0 Å². The molecule has 0 spiro atoms. The molecule has 3 nitrogen and oxygen atoms in total. The molecular weight excluding hydrogens is 362 g/mol. The van der Waals surface area contributed by atoms with Crippen molar-refractivity contribution in [2.24, 2.45) is 0 Å². The fourth-order valence-corrected chi connectivity index (χ4v) is 1.77. The lowest BCUT2D eigenvalue weighted by atomic mass is 10.2. The van der Waals surface area contributed by atoms with Gasteiger partial charge in [0.15, 0.2) is 0 Å². The van der Waals surface area contributed by atoms with Crippen LogP contribution in [-0.4, -0.2) is 35.7 Å². The number of carbonyl (C=O) groups excluding carboxylic acids is 1.